The van der Waals surface area contributed by atoms with Crippen molar-refractivity contribution in [2.45, 2.75) is 30.0 Å². The Morgan fingerprint density at radius 3 is 2.65 bits per heavy atom. The Bertz CT molecular complexity index is 1230. The van der Waals surface area contributed by atoms with Crippen LogP contribution in [0.15, 0.2) is 59.5 Å². The second kappa shape index (κ2) is 12.7. The van der Waals surface area contributed by atoms with Crippen molar-refractivity contribution >= 4 is 28.3 Å². The number of hydrogen-bond acceptors (Lipinski definition) is 7. The highest BCUT2D eigenvalue weighted by Gasteiger charge is 2.22. The van der Waals surface area contributed by atoms with E-state index in [2.05, 4.69) is 27.4 Å². The fraction of sp³-hybridized carbons (Fsp3) is 0.346. The Morgan fingerprint density at radius 2 is 1.95 bits per heavy atom. The number of halogens is 1. The summed E-state index contributed by atoms with van der Waals surface area (Å²) in [5.74, 6) is 0.966. The molecule has 0 aliphatic carbocycles. The predicted octanol–water partition coefficient (Wildman–Crippen LogP) is 3.32. The summed E-state index contributed by atoms with van der Waals surface area (Å²) in [6, 6.07) is 14.4. The first-order valence-electron chi connectivity index (χ1n) is 12.1. The van der Waals surface area contributed by atoms with Gasteiger partial charge in [-0.1, -0.05) is 0 Å². The number of aromatic nitrogens is 2. The van der Waals surface area contributed by atoms with E-state index in [1.54, 1.807) is 12.1 Å². The van der Waals surface area contributed by atoms with Crippen LogP contribution < -0.4 is 15.5 Å². The summed E-state index contributed by atoms with van der Waals surface area (Å²) in [6.07, 6.45) is 0.482. The van der Waals surface area contributed by atoms with E-state index in [-0.39, 0.29) is 30.2 Å². The van der Waals surface area contributed by atoms with Crippen LogP contribution in [0.2, 0.25) is 0 Å². The van der Waals surface area contributed by atoms with Gasteiger partial charge in [0.25, 0.3) is 0 Å². The minimum absolute atomic E-state index is 0.0107. The molecule has 1 unspecified atom stereocenters. The van der Waals surface area contributed by atoms with E-state index in [4.69, 9.17) is 14.8 Å². The SMILES string of the molecule is C[C@H]1COCCN1c1cc(CS(=O)c2ccc(F)cc2)nc(-c2ccc(NC(=O)NCCCO)cc2)n1. The van der Waals surface area contributed by atoms with Gasteiger partial charge in [0.1, 0.15) is 11.6 Å². The molecule has 196 valence electrons. The summed E-state index contributed by atoms with van der Waals surface area (Å²) in [7, 11) is -1.41. The number of hydrogen-bond donors (Lipinski definition) is 3. The second-order valence-corrected chi connectivity index (χ2v) is 10.1. The Kier molecular flexibility index (Phi) is 9.15. The highest BCUT2D eigenvalue weighted by atomic mass is 32.2. The van der Waals surface area contributed by atoms with Crippen molar-refractivity contribution < 1.29 is 23.2 Å². The molecule has 9 nitrogen and oxygen atoms in total. The van der Waals surface area contributed by atoms with Gasteiger partial charge >= 0.3 is 6.03 Å². The number of aliphatic hydroxyl groups excluding tert-OH is 1. The molecular formula is C26H30FN5O4S. The Hall–Kier alpha value is -3.41. The molecule has 37 heavy (non-hydrogen) atoms. The lowest BCUT2D eigenvalue weighted by molar-refractivity contribution is 0.0985. The molecule has 3 aromatic rings. The second-order valence-electron chi connectivity index (χ2n) is 8.64. The monoisotopic (exact) mass is 527 g/mol. The number of urea groups is 1. The molecule has 0 bridgehead atoms. The van der Waals surface area contributed by atoms with Crippen LogP contribution in [0.4, 0.5) is 20.7 Å². The molecule has 1 aromatic heterocycles. The van der Waals surface area contributed by atoms with Gasteiger partial charge < -0.3 is 25.4 Å². The molecule has 1 saturated heterocycles. The molecule has 0 radical (unpaired) electrons. The lowest BCUT2D eigenvalue weighted by atomic mass is 10.2. The molecule has 0 spiro atoms. The maximum atomic E-state index is 13.3. The number of carbonyl (C=O) groups excluding carboxylic acids is 1. The number of carbonyl (C=O) groups is 1. The van der Waals surface area contributed by atoms with Crippen molar-refractivity contribution in [2.24, 2.45) is 0 Å². The number of benzene rings is 2. The number of rotatable bonds is 9. The first kappa shape index (κ1) is 26.6. The van der Waals surface area contributed by atoms with Gasteiger partial charge in [-0.15, -0.1) is 0 Å². The van der Waals surface area contributed by atoms with Crippen molar-refractivity contribution in [3.63, 3.8) is 0 Å². The average Bonchev–Trinajstić information content (AvgIpc) is 2.90. The summed E-state index contributed by atoms with van der Waals surface area (Å²) in [5.41, 5.74) is 1.94. The van der Waals surface area contributed by atoms with Gasteiger partial charge in [0.15, 0.2) is 5.82 Å². The van der Waals surface area contributed by atoms with E-state index in [1.807, 2.05) is 18.2 Å². The minimum atomic E-state index is -1.41. The van der Waals surface area contributed by atoms with Crippen LogP contribution in [0.1, 0.15) is 19.0 Å². The van der Waals surface area contributed by atoms with Crippen LogP contribution in [0.5, 0.6) is 0 Å². The van der Waals surface area contributed by atoms with Crippen LogP contribution in [0.25, 0.3) is 11.4 Å². The zero-order valence-electron chi connectivity index (χ0n) is 20.5. The standard InChI is InChI=1S/C26H30FN5O4S/c1-18-16-36-14-12-32(18)24-15-22(17-37(35)23-9-5-20(27)6-10-23)29-25(31-24)19-3-7-21(8-4-19)30-26(34)28-11-2-13-33/h3-10,15,18,33H,2,11-14,16-17H2,1H3,(H2,28,30,34)/t18-,37?/m0/s1. The van der Waals surface area contributed by atoms with E-state index in [0.717, 1.165) is 11.4 Å². The summed E-state index contributed by atoms with van der Waals surface area (Å²) >= 11 is 0. The van der Waals surface area contributed by atoms with Crippen molar-refractivity contribution in [3.8, 4) is 11.4 Å². The number of ether oxygens (including phenoxy) is 1. The van der Waals surface area contributed by atoms with E-state index in [9.17, 15) is 13.4 Å². The number of aliphatic hydroxyl groups is 1. The topological polar surface area (TPSA) is 117 Å². The fourth-order valence-electron chi connectivity index (χ4n) is 3.86. The number of amides is 2. The molecule has 4 rings (SSSR count). The molecule has 2 atom stereocenters. The van der Waals surface area contributed by atoms with E-state index in [1.165, 1.54) is 24.3 Å². The van der Waals surface area contributed by atoms with Crippen LogP contribution in [0, 0.1) is 5.82 Å². The van der Waals surface area contributed by atoms with Crippen molar-refractivity contribution in [1.29, 1.82) is 0 Å². The maximum absolute atomic E-state index is 13.3. The Labute approximate surface area is 217 Å². The quantitative estimate of drug-likeness (QED) is 0.366. The third-order valence-corrected chi connectivity index (χ3v) is 7.16. The molecule has 2 amide bonds. The molecule has 0 saturated carbocycles. The summed E-state index contributed by atoms with van der Waals surface area (Å²) in [5, 5.41) is 14.3. The van der Waals surface area contributed by atoms with Gasteiger partial charge in [0, 0.05) is 41.9 Å². The number of morpholine rings is 1. The van der Waals surface area contributed by atoms with Crippen molar-refractivity contribution in [2.75, 3.05) is 43.1 Å². The number of nitrogens with one attached hydrogen (secondary N) is 2. The maximum Gasteiger partial charge on any atom is 0.319 e. The van der Waals surface area contributed by atoms with Crippen LogP contribution in [0.3, 0.4) is 0 Å². The van der Waals surface area contributed by atoms with Crippen molar-refractivity contribution in [3.05, 3.63) is 66.1 Å². The first-order chi connectivity index (χ1) is 17.9. The third-order valence-electron chi connectivity index (χ3n) is 5.80. The molecule has 11 heteroatoms. The molecule has 1 fully saturated rings. The van der Waals surface area contributed by atoms with Gasteiger partial charge in [-0.05, 0) is 61.9 Å². The minimum Gasteiger partial charge on any atom is -0.396 e. The summed E-state index contributed by atoms with van der Waals surface area (Å²) < 4.78 is 31.9. The van der Waals surface area contributed by atoms with Gasteiger partial charge in [-0.3, -0.25) is 4.21 Å². The summed E-state index contributed by atoms with van der Waals surface area (Å²) in [6.45, 7) is 4.29. The molecule has 1 aliphatic rings. The first-order valence-corrected chi connectivity index (χ1v) is 13.4. The largest absolute Gasteiger partial charge is 0.396 e. The fourth-order valence-corrected chi connectivity index (χ4v) is 4.89. The number of nitrogens with zero attached hydrogens (tertiary/aromatic N) is 3. The van der Waals surface area contributed by atoms with Gasteiger partial charge in [0.2, 0.25) is 0 Å². The zero-order valence-corrected chi connectivity index (χ0v) is 21.3. The lowest BCUT2D eigenvalue weighted by Gasteiger charge is -2.34. The molecular weight excluding hydrogens is 497 g/mol. The van der Waals surface area contributed by atoms with Crippen LogP contribution in [-0.2, 0) is 21.3 Å². The molecule has 3 N–H and O–H groups in total. The Morgan fingerprint density at radius 1 is 1.19 bits per heavy atom. The van der Waals surface area contributed by atoms with Crippen LogP contribution in [-0.4, -0.2) is 64.3 Å². The summed E-state index contributed by atoms with van der Waals surface area (Å²) in [4.78, 5) is 24.1. The van der Waals surface area contributed by atoms with E-state index >= 15 is 0 Å². The van der Waals surface area contributed by atoms with E-state index < -0.39 is 10.8 Å². The van der Waals surface area contributed by atoms with Gasteiger partial charge in [-0.2, -0.15) is 0 Å². The zero-order chi connectivity index (χ0) is 26.2. The third kappa shape index (κ3) is 7.31. The molecule has 2 heterocycles. The smallest absolute Gasteiger partial charge is 0.319 e. The Balaban J connectivity index is 1.58. The van der Waals surface area contributed by atoms with Crippen molar-refractivity contribution in [1.82, 2.24) is 15.3 Å². The lowest BCUT2D eigenvalue weighted by Crippen LogP contribution is -2.44. The molecule has 1 aliphatic heterocycles. The van der Waals surface area contributed by atoms with Gasteiger partial charge in [0.05, 0.1) is 41.5 Å². The highest BCUT2D eigenvalue weighted by molar-refractivity contribution is 7.84. The van der Waals surface area contributed by atoms with E-state index in [0.29, 0.717) is 54.8 Å². The normalized spacial score (nSPS) is 16.3. The average molecular weight is 528 g/mol. The molecule has 2 aromatic carbocycles. The predicted molar refractivity (Wildman–Crippen MR) is 140 cm³/mol. The van der Waals surface area contributed by atoms with Crippen LogP contribution >= 0.6 is 0 Å². The highest BCUT2D eigenvalue weighted by Crippen LogP contribution is 2.25. The van der Waals surface area contributed by atoms with Gasteiger partial charge in [-0.25, -0.2) is 19.2 Å². The number of anilines is 2.